The van der Waals surface area contributed by atoms with Crippen LogP contribution in [-0.2, 0) is 4.79 Å². The fourth-order valence-corrected chi connectivity index (χ4v) is 2.49. The number of nitrogens with zero attached hydrogens (tertiary/aromatic N) is 2. The molecule has 2 rings (SSSR count). The van der Waals surface area contributed by atoms with Gasteiger partial charge in [-0.1, -0.05) is 26.0 Å². The van der Waals surface area contributed by atoms with Crippen LogP contribution in [0.15, 0.2) is 24.3 Å². The van der Waals surface area contributed by atoms with Crippen molar-refractivity contribution in [3.05, 3.63) is 24.3 Å². The summed E-state index contributed by atoms with van der Waals surface area (Å²) in [4.78, 5) is 16.2. The monoisotopic (exact) mass is 291 g/mol. The van der Waals surface area contributed by atoms with Gasteiger partial charge in [0, 0.05) is 38.6 Å². The quantitative estimate of drug-likeness (QED) is 0.880. The molecule has 21 heavy (non-hydrogen) atoms. The lowest BCUT2D eigenvalue weighted by molar-refractivity contribution is -0.132. The molecule has 5 heteroatoms. The molecule has 1 amide bonds. The van der Waals surface area contributed by atoms with Gasteiger partial charge in [-0.2, -0.15) is 0 Å². The summed E-state index contributed by atoms with van der Waals surface area (Å²) in [6, 6.07) is 7.24. The van der Waals surface area contributed by atoms with Gasteiger partial charge < -0.3 is 20.6 Å². The third-order valence-corrected chi connectivity index (χ3v) is 4.12. The van der Waals surface area contributed by atoms with Gasteiger partial charge in [-0.15, -0.1) is 0 Å². The van der Waals surface area contributed by atoms with E-state index in [0.29, 0.717) is 31.2 Å². The van der Waals surface area contributed by atoms with Crippen LogP contribution in [0.1, 0.15) is 20.3 Å². The summed E-state index contributed by atoms with van der Waals surface area (Å²) >= 11 is 0. The second kappa shape index (κ2) is 6.80. The van der Waals surface area contributed by atoms with Gasteiger partial charge >= 0.3 is 0 Å². The SMILES string of the molecule is CC(C)C(N)CC(=O)N1CCN(c2ccccc2O)CC1. The zero-order valence-corrected chi connectivity index (χ0v) is 12.8. The van der Waals surface area contributed by atoms with E-state index in [1.165, 1.54) is 0 Å². The lowest BCUT2D eigenvalue weighted by Crippen LogP contribution is -2.50. The average molecular weight is 291 g/mol. The number of benzene rings is 1. The molecular weight excluding hydrogens is 266 g/mol. The topological polar surface area (TPSA) is 69.8 Å². The Labute approximate surface area is 126 Å². The third kappa shape index (κ3) is 3.88. The molecule has 1 unspecified atom stereocenters. The third-order valence-electron chi connectivity index (χ3n) is 4.12. The summed E-state index contributed by atoms with van der Waals surface area (Å²) in [6.07, 6.45) is 0.411. The molecule has 0 bridgehead atoms. The molecule has 116 valence electrons. The standard InChI is InChI=1S/C16H25N3O2/c1-12(2)13(17)11-16(21)19-9-7-18(8-10-19)14-5-3-4-6-15(14)20/h3-6,12-13,20H,7-11,17H2,1-2H3. The number of hydrogen-bond donors (Lipinski definition) is 2. The molecule has 0 aliphatic carbocycles. The maximum Gasteiger partial charge on any atom is 0.224 e. The summed E-state index contributed by atoms with van der Waals surface area (Å²) < 4.78 is 0. The Morgan fingerprint density at radius 3 is 2.43 bits per heavy atom. The fourth-order valence-electron chi connectivity index (χ4n) is 2.49. The number of amides is 1. The molecule has 5 nitrogen and oxygen atoms in total. The predicted octanol–water partition coefficient (Wildman–Crippen LogP) is 1.41. The van der Waals surface area contributed by atoms with E-state index in [1.54, 1.807) is 6.07 Å². The smallest absolute Gasteiger partial charge is 0.224 e. The largest absolute Gasteiger partial charge is 0.506 e. The Balaban J connectivity index is 1.89. The molecule has 1 aliphatic rings. The molecule has 1 aliphatic heterocycles. The number of phenols is 1. The number of carbonyl (C=O) groups excluding carboxylic acids is 1. The van der Waals surface area contributed by atoms with Gasteiger partial charge in [-0.3, -0.25) is 4.79 Å². The van der Waals surface area contributed by atoms with Crippen LogP contribution in [-0.4, -0.2) is 48.1 Å². The van der Waals surface area contributed by atoms with E-state index >= 15 is 0 Å². The average Bonchev–Trinajstić information content (AvgIpc) is 2.47. The van der Waals surface area contributed by atoms with E-state index in [0.717, 1.165) is 18.8 Å². The number of para-hydroxylation sites is 2. The first-order chi connectivity index (χ1) is 9.99. The predicted molar refractivity (Wildman–Crippen MR) is 84.3 cm³/mol. The molecule has 1 aromatic rings. The van der Waals surface area contributed by atoms with Crippen LogP contribution in [0, 0.1) is 5.92 Å². The van der Waals surface area contributed by atoms with Gasteiger partial charge in [-0.05, 0) is 18.1 Å². The summed E-state index contributed by atoms with van der Waals surface area (Å²) in [5, 5.41) is 9.88. The Hall–Kier alpha value is -1.75. The van der Waals surface area contributed by atoms with E-state index < -0.39 is 0 Å². The minimum atomic E-state index is -0.0753. The number of nitrogens with two attached hydrogens (primary N) is 1. The van der Waals surface area contributed by atoms with Crippen molar-refractivity contribution in [2.45, 2.75) is 26.3 Å². The van der Waals surface area contributed by atoms with Crippen molar-refractivity contribution in [1.82, 2.24) is 4.90 Å². The highest BCUT2D eigenvalue weighted by Gasteiger charge is 2.24. The minimum absolute atomic E-state index is 0.0753. The van der Waals surface area contributed by atoms with E-state index in [4.69, 9.17) is 5.73 Å². The zero-order valence-electron chi connectivity index (χ0n) is 12.8. The number of piperazine rings is 1. The van der Waals surface area contributed by atoms with Crippen molar-refractivity contribution in [1.29, 1.82) is 0 Å². The molecular formula is C16H25N3O2. The van der Waals surface area contributed by atoms with E-state index in [-0.39, 0.29) is 11.9 Å². The van der Waals surface area contributed by atoms with E-state index in [9.17, 15) is 9.90 Å². The Kier molecular flexibility index (Phi) is 5.07. The molecule has 0 spiro atoms. The van der Waals surface area contributed by atoms with Crippen molar-refractivity contribution in [2.24, 2.45) is 11.7 Å². The van der Waals surface area contributed by atoms with Gasteiger partial charge in [0.2, 0.25) is 5.91 Å². The Morgan fingerprint density at radius 2 is 1.86 bits per heavy atom. The number of rotatable bonds is 4. The second-order valence-corrected chi connectivity index (χ2v) is 5.97. The number of anilines is 1. The van der Waals surface area contributed by atoms with Crippen LogP contribution in [0.5, 0.6) is 5.75 Å². The highest BCUT2D eigenvalue weighted by atomic mass is 16.3. The Bertz CT molecular complexity index is 482. The van der Waals surface area contributed by atoms with Crippen molar-refractivity contribution in [3.8, 4) is 5.75 Å². The molecule has 0 aromatic heterocycles. The molecule has 0 saturated carbocycles. The minimum Gasteiger partial charge on any atom is -0.506 e. The van der Waals surface area contributed by atoms with Gasteiger partial charge in [-0.25, -0.2) is 0 Å². The number of hydrogen-bond acceptors (Lipinski definition) is 4. The van der Waals surface area contributed by atoms with E-state index in [1.807, 2.05) is 36.9 Å². The zero-order chi connectivity index (χ0) is 15.4. The van der Waals surface area contributed by atoms with Crippen molar-refractivity contribution in [3.63, 3.8) is 0 Å². The molecule has 1 atom stereocenters. The summed E-state index contributed by atoms with van der Waals surface area (Å²) in [5.74, 6) is 0.740. The highest BCUT2D eigenvalue weighted by molar-refractivity contribution is 5.77. The molecule has 1 fully saturated rings. The molecule has 3 N–H and O–H groups in total. The number of phenolic OH excluding ortho intramolecular Hbond substituents is 1. The first-order valence-electron chi connectivity index (χ1n) is 7.55. The van der Waals surface area contributed by atoms with Crippen molar-refractivity contribution < 1.29 is 9.90 Å². The maximum atomic E-state index is 12.2. The number of aromatic hydroxyl groups is 1. The second-order valence-electron chi connectivity index (χ2n) is 5.97. The molecule has 1 saturated heterocycles. The molecule has 1 aromatic carbocycles. The van der Waals surface area contributed by atoms with E-state index in [2.05, 4.69) is 4.90 Å². The Morgan fingerprint density at radius 1 is 1.24 bits per heavy atom. The highest BCUT2D eigenvalue weighted by Crippen LogP contribution is 2.27. The summed E-state index contributed by atoms with van der Waals surface area (Å²) in [6.45, 7) is 6.90. The van der Waals surface area contributed by atoms with Gasteiger partial charge in [0.1, 0.15) is 5.75 Å². The van der Waals surface area contributed by atoms with Crippen LogP contribution in [0.25, 0.3) is 0 Å². The summed E-state index contributed by atoms with van der Waals surface area (Å²) in [5.41, 5.74) is 6.81. The molecule has 1 heterocycles. The molecule has 0 radical (unpaired) electrons. The van der Waals surface area contributed by atoms with Crippen LogP contribution >= 0.6 is 0 Å². The lowest BCUT2D eigenvalue weighted by atomic mass is 10.0. The van der Waals surface area contributed by atoms with Gasteiger partial charge in [0.25, 0.3) is 0 Å². The maximum absolute atomic E-state index is 12.2. The van der Waals surface area contributed by atoms with Gasteiger partial charge in [0.15, 0.2) is 0 Å². The first-order valence-corrected chi connectivity index (χ1v) is 7.55. The van der Waals surface area contributed by atoms with Crippen LogP contribution in [0.4, 0.5) is 5.69 Å². The van der Waals surface area contributed by atoms with Crippen LogP contribution in [0.3, 0.4) is 0 Å². The van der Waals surface area contributed by atoms with Crippen molar-refractivity contribution >= 4 is 11.6 Å². The van der Waals surface area contributed by atoms with Gasteiger partial charge in [0.05, 0.1) is 5.69 Å². The van der Waals surface area contributed by atoms with Crippen LogP contribution < -0.4 is 10.6 Å². The summed E-state index contributed by atoms with van der Waals surface area (Å²) in [7, 11) is 0. The lowest BCUT2D eigenvalue weighted by Gasteiger charge is -2.36. The first kappa shape index (κ1) is 15.6. The van der Waals surface area contributed by atoms with Crippen molar-refractivity contribution in [2.75, 3.05) is 31.1 Å². The van der Waals surface area contributed by atoms with Crippen LogP contribution in [0.2, 0.25) is 0 Å². The number of carbonyl (C=O) groups is 1. The fraction of sp³-hybridized carbons (Fsp3) is 0.562. The normalized spacial score (nSPS) is 17.1.